The van der Waals surface area contributed by atoms with Crippen LogP contribution >= 0.6 is 0 Å². The van der Waals surface area contributed by atoms with Crippen LogP contribution in [0.3, 0.4) is 0 Å². The molecule has 1 saturated heterocycles. The minimum absolute atomic E-state index is 0.346. The van der Waals surface area contributed by atoms with Crippen LogP contribution in [0.25, 0.3) is 0 Å². The van der Waals surface area contributed by atoms with Crippen molar-refractivity contribution in [3.63, 3.8) is 0 Å². The zero-order valence-electron chi connectivity index (χ0n) is 18.5. The maximum absolute atomic E-state index is 10.1. The van der Waals surface area contributed by atoms with Crippen LogP contribution in [0, 0.1) is 0 Å². The summed E-state index contributed by atoms with van der Waals surface area (Å²) in [6.07, 6.45) is 0. The smallest absolute Gasteiger partial charge is 0.194 e. The van der Waals surface area contributed by atoms with E-state index in [1.165, 1.54) is 11.1 Å². The molecule has 2 N–H and O–H groups in total. The van der Waals surface area contributed by atoms with E-state index in [1.807, 2.05) is 25.2 Å². The van der Waals surface area contributed by atoms with Crippen LogP contribution in [0.15, 0.2) is 53.5 Å². The fourth-order valence-electron chi connectivity index (χ4n) is 3.97. The fourth-order valence-corrected chi connectivity index (χ4v) is 3.97. The van der Waals surface area contributed by atoms with E-state index in [9.17, 15) is 5.11 Å². The van der Waals surface area contributed by atoms with E-state index < -0.39 is 0 Å². The number of nitrogens with zero attached hydrogens (tertiary/aromatic N) is 4. The van der Waals surface area contributed by atoms with E-state index in [0.717, 1.165) is 64.0 Å². The molecule has 0 amide bonds. The topological polar surface area (TPSA) is 54.3 Å². The fraction of sp³-hybridized carbons (Fsp3) is 0.458. The van der Waals surface area contributed by atoms with Crippen molar-refractivity contribution in [2.75, 3.05) is 51.2 Å². The molecule has 0 aliphatic carbocycles. The Kier molecular flexibility index (Phi) is 7.97. The van der Waals surface area contributed by atoms with Gasteiger partial charge in [-0.1, -0.05) is 50.2 Å². The Morgan fingerprint density at radius 1 is 0.967 bits per heavy atom. The van der Waals surface area contributed by atoms with Crippen molar-refractivity contribution in [1.82, 2.24) is 15.1 Å². The molecule has 1 aliphatic rings. The lowest BCUT2D eigenvalue weighted by Gasteiger charge is -2.38. The molecule has 2 aromatic rings. The van der Waals surface area contributed by atoms with Crippen molar-refractivity contribution in [3.05, 3.63) is 59.7 Å². The Balaban J connectivity index is 1.58. The number of guanidine groups is 1. The van der Waals surface area contributed by atoms with Crippen molar-refractivity contribution in [3.8, 4) is 5.75 Å². The first-order valence-corrected chi connectivity index (χ1v) is 10.9. The number of anilines is 1. The Morgan fingerprint density at radius 2 is 1.60 bits per heavy atom. The van der Waals surface area contributed by atoms with E-state index in [1.54, 1.807) is 6.07 Å². The predicted octanol–water partition coefficient (Wildman–Crippen LogP) is 3.13. The quantitative estimate of drug-likeness (QED) is 0.544. The van der Waals surface area contributed by atoms with E-state index in [2.05, 4.69) is 63.1 Å². The van der Waals surface area contributed by atoms with Gasteiger partial charge in [0.1, 0.15) is 5.75 Å². The van der Waals surface area contributed by atoms with Crippen molar-refractivity contribution >= 4 is 11.6 Å². The van der Waals surface area contributed by atoms with Gasteiger partial charge in [0.05, 0.1) is 5.69 Å². The van der Waals surface area contributed by atoms with Gasteiger partial charge in [-0.25, -0.2) is 0 Å². The van der Waals surface area contributed by atoms with E-state index in [4.69, 9.17) is 0 Å². The van der Waals surface area contributed by atoms with Gasteiger partial charge in [0.2, 0.25) is 0 Å². The molecule has 6 nitrogen and oxygen atoms in total. The minimum Gasteiger partial charge on any atom is -0.506 e. The summed E-state index contributed by atoms with van der Waals surface area (Å²) in [5.74, 6) is 1.28. The monoisotopic (exact) mass is 409 g/mol. The molecule has 0 atom stereocenters. The number of phenolic OH excluding ortho intramolecular Hbond substituents is 1. The Hall–Kier alpha value is -2.73. The number of para-hydroxylation sites is 2. The second-order valence-electron chi connectivity index (χ2n) is 7.59. The normalized spacial score (nSPS) is 15.0. The van der Waals surface area contributed by atoms with E-state index in [0.29, 0.717) is 5.75 Å². The number of aromatic hydroxyl groups is 1. The summed E-state index contributed by atoms with van der Waals surface area (Å²) in [6.45, 7) is 11.7. The molecule has 30 heavy (non-hydrogen) atoms. The van der Waals surface area contributed by atoms with Crippen molar-refractivity contribution in [2.24, 2.45) is 4.99 Å². The van der Waals surface area contributed by atoms with Gasteiger partial charge in [-0.3, -0.25) is 9.89 Å². The second-order valence-corrected chi connectivity index (χ2v) is 7.59. The maximum atomic E-state index is 10.1. The Morgan fingerprint density at radius 3 is 2.23 bits per heavy atom. The van der Waals surface area contributed by atoms with Gasteiger partial charge >= 0.3 is 0 Å². The molecule has 1 fully saturated rings. The number of hydrogen-bond donors (Lipinski definition) is 2. The molecule has 0 radical (unpaired) electrons. The molecule has 6 heteroatoms. The first kappa shape index (κ1) is 22.0. The van der Waals surface area contributed by atoms with Crippen LogP contribution in [-0.4, -0.2) is 67.2 Å². The first-order valence-electron chi connectivity index (χ1n) is 10.9. The molecule has 0 unspecified atom stereocenters. The van der Waals surface area contributed by atoms with Crippen LogP contribution in [0.2, 0.25) is 0 Å². The van der Waals surface area contributed by atoms with Crippen LogP contribution in [0.1, 0.15) is 25.0 Å². The molecule has 0 spiro atoms. The summed E-state index contributed by atoms with van der Waals surface area (Å²) in [5, 5.41) is 13.7. The number of rotatable bonds is 7. The average molecular weight is 410 g/mol. The summed E-state index contributed by atoms with van der Waals surface area (Å²) < 4.78 is 0. The molecular formula is C24H35N5O. The van der Waals surface area contributed by atoms with Gasteiger partial charge in [0, 0.05) is 46.3 Å². The van der Waals surface area contributed by atoms with Crippen LogP contribution in [0.5, 0.6) is 5.75 Å². The third-order valence-corrected chi connectivity index (χ3v) is 5.86. The third kappa shape index (κ3) is 5.45. The van der Waals surface area contributed by atoms with Crippen molar-refractivity contribution < 1.29 is 5.11 Å². The lowest BCUT2D eigenvalue weighted by Crippen LogP contribution is -2.52. The molecule has 1 heterocycles. The Bertz CT molecular complexity index is 826. The highest BCUT2D eigenvalue weighted by atomic mass is 16.3. The van der Waals surface area contributed by atoms with E-state index >= 15 is 0 Å². The first-order chi connectivity index (χ1) is 14.7. The highest BCUT2D eigenvalue weighted by Crippen LogP contribution is 2.27. The highest BCUT2D eigenvalue weighted by Gasteiger charge is 2.21. The Labute approximate surface area is 180 Å². The molecule has 0 aromatic heterocycles. The maximum Gasteiger partial charge on any atom is 0.194 e. The van der Waals surface area contributed by atoms with Crippen LogP contribution < -0.4 is 10.2 Å². The van der Waals surface area contributed by atoms with Crippen LogP contribution in [0.4, 0.5) is 5.69 Å². The van der Waals surface area contributed by atoms with Gasteiger partial charge in [-0.15, -0.1) is 0 Å². The number of nitrogens with one attached hydrogen (secondary N) is 1. The predicted molar refractivity (Wildman–Crippen MR) is 125 cm³/mol. The summed E-state index contributed by atoms with van der Waals surface area (Å²) in [7, 11) is 1.85. The molecular weight excluding hydrogens is 374 g/mol. The minimum atomic E-state index is 0.346. The largest absolute Gasteiger partial charge is 0.506 e. The van der Waals surface area contributed by atoms with Gasteiger partial charge in [-0.05, 0) is 36.3 Å². The molecule has 2 aromatic carbocycles. The summed E-state index contributed by atoms with van der Waals surface area (Å²) >= 11 is 0. The lowest BCUT2D eigenvalue weighted by molar-refractivity contribution is 0.295. The molecule has 3 rings (SSSR count). The zero-order valence-corrected chi connectivity index (χ0v) is 18.5. The highest BCUT2D eigenvalue weighted by molar-refractivity contribution is 5.80. The van der Waals surface area contributed by atoms with Crippen molar-refractivity contribution in [2.45, 2.75) is 26.9 Å². The van der Waals surface area contributed by atoms with Crippen LogP contribution in [-0.2, 0) is 13.1 Å². The number of hydrogen-bond acceptors (Lipinski definition) is 4. The molecule has 162 valence electrons. The average Bonchev–Trinajstić information content (AvgIpc) is 2.79. The summed E-state index contributed by atoms with van der Waals surface area (Å²) in [4.78, 5) is 11.5. The number of piperazine rings is 1. The van der Waals surface area contributed by atoms with Gasteiger partial charge in [-0.2, -0.15) is 0 Å². The molecule has 0 bridgehead atoms. The van der Waals surface area contributed by atoms with Gasteiger partial charge < -0.3 is 20.2 Å². The van der Waals surface area contributed by atoms with Gasteiger partial charge in [0.15, 0.2) is 5.96 Å². The summed E-state index contributed by atoms with van der Waals surface area (Å²) in [5.41, 5.74) is 3.59. The molecule has 1 aliphatic heterocycles. The van der Waals surface area contributed by atoms with Gasteiger partial charge in [0.25, 0.3) is 0 Å². The standard InChI is InChI=1S/C24H35N5O/c1-4-27(5-2)19-21-11-7-6-10-20(21)18-26-24(25-3)29-16-14-28(15-17-29)22-12-8-9-13-23(22)30/h6-13,30H,4-5,14-19H2,1-3H3,(H,25,26). The molecule has 0 saturated carbocycles. The second kappa shape index (κ2) is 10.9. The number of phenols is 1. The number of benzene rings is 2. The third-order valence-electron chi connectivity index (χ3n) is 5.86. The summed E-state index contributed by atoms with van der Waals surface area (Å²) in [6, 6.07) is 16.2. The lowest BCUT2D eigenvalue weighted by atomic mass is 10.1. The van der Waals surface area contributed by atoms with Crippen molar-refractivity contribution in [1.29, 1.82) is 0 Å². The number of aliphatic imine (C=N–C) groups is 1. The zero-order chi connectivity index (χ0) is 21.3. The SMILES string of the molecule is CCN(CC)Cc1ccccc1CNC(=NC)N1CCN(c2ccccc2O)CC1. The van der Waals surface area contributed by atoms with E-state index in [-0.39, 0.29) is 0 Å².